The van der Waals surface area contributed by atoms with Crippen LogP contribution in [0.25, 0.3) is 0 Å². The first kappa shape index (κ1) is 14.2. The van der Waals surface area contributed by atoms with Crippen molar-refractivity contribution in [1.82, 2.24) is 15.4 Å². The highest BCUT2D eigenvalue weighted by atomic mass is 35.5. The van der Waals surface area contributed by atoms with E-state index in [0.29, 0.717) is 12.4 Å². The van der Waals surface area contributed by atoms with Gasteiger partial charge in [0.2, 0.25) is 0 Å². The number of allylic oxidation sites excluding steroid dienone is 2. The number of hydrogen-bond acceptors (Lipinski definition) is 7. The van der Waals surface area contributed by atoms with Crippen molar-refractivity contribution in [1.29, 1.82) is 0 Å². The van der Waals surface area contributed by atoms with Crippen LogP contribution in [-0.2, 0) is 9.53 Å². The van der Waals surface area contributed by atoms with Crippen LogP contribution in [0.2, 0.25) is 0 Å². The number of hydrazone groups is 1. The van der Waals surface area contributed by atoms with Crippen molar-refractivity contribution >= 4 is 24.7 Å². The molecule has 0 unspecified atom stereocenters. The smallest absolute Gasteiger partial charge is 0.327 e. The molecule has 0 aromatic rings. The Morgan fingerprint density at radius 3 is 3.00 bits per heavy atom. The maximum absolute atomic E-state index is 11.3. The minimum atomic E-state index is -0.391. The number of carbonyl (C=O) groups excluding carboxylic acids is 1. The highest BCUT2D eigenvalue weighted by molar-refractivity contribution is 5.85. The van der Waals surface area contributed by atoms with Gasteiger partial charge < -0.3 is 9.84 Å². The fraction of sp³-hybridized carbons (Fsp3) is 0.400. The molecule has 18 heavy (non-hydrogen) atoms. The van der Waals surface area contributed by atoms with E-state index in [-0.39, 0.29) is 24.7 Å². The average molecular weight is 275 g/mol. The topological polar surface area (TPSA) is 77.4 Å². The number of hydrazine groups is 1. The number of esters is 1. The van der Waals surface area contributed by atoms with Gasteiger partial charge in [0.05, 0.1) is 6.61 Å². The molecule has 2 N–H and O–H groups in total. The number of ether oxygens (including phenoxy) is 1. The molecule has 2 rings (SSSR count). The fourth-order valence-corrected chi connectivity index (χ4v) is 1.62. The Balaban J connectivity index is 0.00000162. The van der Waals surface area contributed by atoms with Crippen molar-refractivity contribution < 1.29 is 14.6 Å². The van der Waals surface area contributed by atoms with Crippen molar-refractivity contribution in [2.75, 3.05) is 13.2 Å². The molecule has 7 nitrogen and oxygen atoms in total. The van der Waals surface area contributed by atoms with Crippen LogP contribution in [0.1, 0.15) is 13.8 Å². The van der Waals surface area contributed by atoms with Gasteiger partial charge >= 0.3 is 5.97 Å². The normalized spacial score (nSPS) is 16.9. The van der Waals surface area contributed by atoms with Crippen molar-refractivity contribution in [3.05, 3.63) is 23.4 Å². The molecule has 2 heterocycles. The predicted octanol–water partition coefficient (Wildman–Crippen LogP) is 0.681. The summed E-state index contributed by atoms with van der Waals surface area (Å²) in [5, 5.41) is 16.7. The number of hydrogen-bond donors (Lipinski definition) is 2. The lowest BCUT2D eigenvalue weighted by Crippen LogP contribution is -2.40. The zero-order valence-electron chi connectivity index (χ0n) is 10.1. The molecule has 0 saturated heterocycles. The van der Waals surface area contributed by atoms with E-state index in [0.717, 1.165) is 5.70 Å². The van der Waals surface area contributed by atoms with Crippen LogP contribution >= 0.6 is 12.4 Å². The molecule has 0 spiro atoms. The van der Waals surface area contributed by atoms with Gasteiger partial charge in [-0.1, -0.05) is 0 Å². The molecule has 0 radical (unpaired) electrons. The van der Waals surface area contributed by atoms with E-state index in [1.165, 1.54) is 11.3 Å². The number of rotatable bonds is 3. The number of carbonyl (C=O) groups is 1. The summed E-state index contributed by atoms with van der Waals surface area (Å²) in [6, 6.07) is 0. The molecule has 0 amide bonds. The van der Waals surface area contributed by atoms with E-state index in [1.807, 2.05) is 6.92 Å². The number of aliphatic hydroxyl groups excluding tert-OH is 1. The molecule has 8 heteroatoms. The highest BCUT2D eigenvalue weighted by Gasteiger charge is 2.29. The van der Waals surface area contributed by atoms with Gasteiger partial charge in [-0.2, -0.15) is 5.10 Å². The standard InChI is InChI=1S/C10H14N4O3.ClH/c1-3-17-9(16)5-13-10-8(15)4-7(2)12-14(10)6-11-13;/h4,6,12,15H,3,5H2,1-2H3;1H. The lowest BCUT2D eigenvalue weighted by atomic mass is 10.3. The van der Waals surface area contributed by atoms with Crippen molar-refractivity contribution in [2.45, 2.75) is 13.8 Å². The van der Waals surface area contributed by atoms with E-state index in [9.17, 15) is 9.90 Å². The summed E-state index contributed by atoms with van der Waals surface area (Å²) < 4.78 is 4.83. The number of fused-ring (bicyclic) bond motifs is 1. The number of aliphatic hydroxyl groups is 1. The first-order valence-corrected chi connectivity index (χ1v) is 5.26. The molecule has 0 fully saturated rings. The Bertz CT molecular complexity index is 433. The van der Waals surface area contributed by atoms with E-state index >= 15 is 0 Å². The third-order valence-electron chi connectivity index (χ3n) is 2.24. The summed E-state index contributed by atoms with van der Waals surface area (Å²) in [5.41, 5.74) is 3.77. The lowest BCUT2D eigenvalue weighted by molar-refractivity contribution is -0.144. The minimum absolute atomic E-state index is 0. The second-order valence-corrected chi connectivity index (χ2v) is 3.61. The Morgan fingerprint density at radius 1 is 1.61 bits per heavy atom. The Morgan fingerprint density at radius 2 is 2.33 bits per heavy atom. The first-order valence-electron chi connectivity index (χ1n) is 5.26. The minimum Gasteiger partial charge on any atom is -0.504 e. The van der Waals surface area contributed by atoms with Crippen molar-refractivity contribution in [3.8, 4) is 0 Å². The molecular formula is C10H15ClN4O3. The summed E-state index contributed by atoms with van der Waals surface area (Å²) >= 11 is 0. The monoisotopic (exact) mass is 274 g/mol. The zero-order valence-corrected chi connectivity index (χ0v) is 10.9. The van der Waals surface area contributed by atoms with E-state index in [1.54, 1.807) is 18.0 Å². The molecule has 0 saturated carbocycles. The molecule has 0 aromatic heterocycles. The van der Waals surface area contributed by atoms with Gasteiger partial charge in [-0.25, -0.2) is 10.0 Å². The van der Waals surface area contributed by atoms with Crippen LogP contribution in [0, 0.1) is 0 Å². The molecule has 0 bridgehead atoms. The van der Waals surface area contributed by atoms with Crippen molar-refractivity contribution in [3.63, 3.8) is 0 Å². The Hall–Kier alpha value is -1.89. The number of nitrogens with one attached hydrogen (secondary N) is 1. The van der Waals surface area contributed by atoms with Crippen LogP contribution in [0.3, 0.4) is 0 Å². The van der Waals surface area contributed by atoms with Crippen LogP contribution < -0.4 is 5.43 Å². The second-order valence-electron chi connectivity index (χ2n) is 3.61. The van der Waals surface area contributed by atoms with Crippen LogP contribution in [0.5, 0.6) is 0 Å². The lowest BCUT2D eigenvalue weighted by Gasteiger charge is -2.27. The predicted molar refractivity (Wildman–Crippen MR) is 67.5 cm³/mol. The van der Waals surface area contributed by atoms with E-state index in [2.05, 4.69) is 10.5 Å². The van der Waals surface area contributed by atoms with Gasteiger partial charge in [0, 0.05) is 11.8 Å². The second kappa shape index (κ2) is 5.63. The number of halogens is 1. The van der Waals surface area contributed by atoms with Crippen LogP contribution in [0.15, 0.2) is 28.5 Å². The zero-order chi connectivity index (χ0) is 12.4. The van der Waals surface area contributed by atoms with E-state index < -0.39 is 5.97 Å². The maximum atomic E-state index is 11.3. The molecule has 0 aliphatic carbocycles. The summed E-state index contributed by atoms with van der Waals surface area (Å²) in [4.78, 5) is 11.3. The quantitative estimate of drug-likeness (QED) is 0.737. The third kappa shape index (κ3) is 2.67. The van der Waals surface area contributed by atoms with Gasteiger partial charge in [0.25, 0.3) is 0 Å². The molecule has 0 aromatic carbocycles. The SMILES string of the molecule is CCOC(=O)CN1N=CN2NC(C)=CC(O)=C12.Cl. The largest absolute Gasteiger partial charge is 0.504 e. The summed E-state index contributed by atoms with van der Waals surface area (Å²) in [5.74, 6) is 0.0878. The highest BCUT2D eigenvalue weighted by Crippen LogP contribution is 2.22. The van der Waals surface area contributed by atoms with E-state index in [4.69, 9.17) is 4.74 Å². The molecule has 2 aliphatic rings. The Kier molecular flexibility index (Phi) is 4.43. The molecular weight excluding hydrogens is 260 g/mol. The molecule has 2 aliphatic heterocycles. The van der Waals surface area contributed by atoms with Crippen molar-refractivity contribution in [2.24, 2.45) is 5.10 Å². The van der Waals surface area contributed by atoms with Gasteiger partial charge in [0.15, 0.2) is 11.6 Å². The van der Waals surface area contributed by atoms with Gasteiger partial charge in [0.1, 0.15) is 12.9 Å². The maximum Gasteiger partial charge on any atom is 0.327 e. The van der Waals surface area contributed by atoms with Crippen LogP contribution in [-0.4, -0.2) is 40.6 Å². The first-order chi connectivity index (χ1) is 8.11. The summed E-state index contributed by atoms with van der Waals surface area (Å²) in [6.07, 6.45) is 3.06. The van der Waals surface area contributed by atoms with Gasteiger partial charge in [-0.3, -0.25) is 10.2 Å². The fourth-order valence-electron chi connectivity index (χ4n) is 1.62. The van der Waals surface area contributed by atoms with Crippen LogP contribution in [0.4, 0.5) is 0 Å². The Labute approximate surface area is 111 Å². The summed E-state index contributed by atoms with van der Waals surface area (Å²) in [7, 11) is 0. The average Bonchev–Trinajstić information content (AvgIpc) is 2.61. The summed E-state index contributed by atoms with van der Waals surface area (Å²) in [6.45, 7) is 3.84. The molecule has 0 atom stereocenters. The third-order valence-corrected chi connectivity index (χ3v) is 2.24. The molecule has 100 valence electrons. The van der Waals surface area contributed by atoms with Gasteiger partial charge in [-0.05, 0) is 13.8 Å². The van der Waals surface area contributed by atoms with Gasteiger partial charge in [-0.15, -0.1) is 12.4 Å². The number of nitrogens with zero attached hydrogens (tertiary/aromatic N) is 3.